The number of amides is 5. The van der Waals surface area contributed by atoms with Gasteiger partial charge >= 0.3 is 0 Å². The quantitative estimate of drug-likeness (QED) is 0.0828. The number of benzene rings is 3. The highest BCUT2D eigenvalue weighted by molar-refractivity contribution is 7.92. The molecule has 4 aliphatic rings. The lowest BCUT2D eigenvalue weighted by atomic mass is 10.0. The van der Waals surface area contributed by atoms with E-state index in [2.05, 4.69) is 46.0 Å². The fraction of sp³-hybridized carbons (Fsp3) is 0.447. The molecule has 354 valence electrons. The van der Waals surface area contributed by atoms with Crippen molar-refractivity contribution in [2.24, 2.45) is 0 Å². The number of para-hydroxylation sites is 1. The first kappa shape index (κ1) is 46.8. The van der Waals surface area contributed by atoms with Crippen LogP contribution in [0.5, 0.6) is 5.75 Å². The zero-order valence-electron chi connectivity index (χ0n) is 38.0. The van der Waals surface area contributed by atoms with E-state index in [1.807, 2.05) is 23.1 Å². The van der Waals surface area contributed by atoms with Crippen LogP contribution in [-0.2, 0) is 24.2 Å². The topological polar surface area (TPSA) is 228 Å². The van der Waals surface area contributed by atoms with E-state index < -0.39 is 44.8 Å². The van der Waals surface area contributed by atoms with E-state index in [0.717, 1.165) is 68.9 Å². The van der Waals surface area contributed by atoms with Crippen LogP contribution in [0.4, 0.5) is 34.6 Å². The van der Waals surface area contributed by atoms with Crippen LogP contribution in [0.25, 0.3) is 0 Å². The van der Waals surface area contributed by atoms with E-state index in [9.17, 15) is 32.4 Å². The summed E-state index contributed by atoms with van der Waals surface area (Å²) >= 11 is 0. The van der Waals surface area contributed by atoms with E-state index in [-0.39, 0.29) is 46.7 Å². The van der Waals surface area contributed by atoms with Gasteiger partial charge in [-0.25, -0.2) is 18.4 Å². The molecule has 5 amide bonds. The number of rotatable bonds is 17. The number of hydrogen-bond donors (Lipinski definition) is 4. The Labute approximate surface area is 390 Å². The van der Waals surface area contributed by atoms with Crippen molar-refractivity contribution in [3.8, 4) is 5.75 Å². The Morgan fingerprint density at radius 1 is 0.821 bits per heavy atom. The summed E-state index contributed by atoms with van der Waals surface area (Å²) in [6.07, 6.45) is 6.32. The molecule has 8 rings (SSSR count). The van der Waals surface area contributed by atoms with Crippen molar-refractivity contribution in [2.75, 3.05) is 73.8 Å². The van der Waals surface area contributed by atoms with Gasteiger partial charge in [0.05, 0.1) is 39.8 Å². The number of fused-ring (bicyclic) bond motifs is 1. The molecule has 0 aliphatic carbocycles. The van der Waals surface area contributed by atoms with Crippen LogP contribution in [0.3, 0.4) is 0 Å². The molecule has 1 aromatic heterocycles. The van der Waals surface area contributed by atoms with Gasteiger partial charge in [0.15, 0.2) is 9.84 Å². The van der Waals surface area contributed by atoms with Crippen molar-refractivity contribution >= 4 is 74.0 Å². The summed E-state index contributed by atoms with van der Waals surface area (Å²) in [4.78, 5) is 84.7. The van der Waals surface area contributed by atoms with Crippen LogP contribution >= 0.6 is 0 Å². The van der Waals surface area contributed by atoms with Gasteiger partial charge in [-0.3, -0.25) is 39.1 Å². The molecule has 0 radical (unpaired) electrons. The standard InChI is InChI=1S/C47H57N11O8S/c1-30(2)67(64,65)39-13-7-6-11-35(39)52-47-50-29-49-46(54-47)51-34-16-15-32(28-38(34)66-3)55-22-19-31(20-23-55)56-24-26-57(27-25-56)41(60)14-5-4-8-21-48-36-12-9-10-33-42(36)45(63)58(44(33)62)37-17-18-40(59)53-43(37)61/h6-7,9-13,15-16,28-31,37,48H,4-5,8,14,17-27H2,1-3H3,(H,53,59,61)(H2,49,50,51,52,54). The SMILES string of the molecule is COc1cc(N2CCC(N3CCN(C(=O)CCCCCNc4cccc5c4C(=O)N(C4CCC(=O)NC4=O)C5=O)CC3)CC2)ccc1Nc1ncnc(Nc2ccccc2S(=O)(=O)C(C)C)n1. The third kappa shape index (κ3) is 10.3. The van der Waals surface area contributed by atoms with Crippen LogP contribution in [0.2, 0.25) is 0 Å². The maximum absolute atomic E-state index is 13.4. The zero-order valence-corrected chi connectivity index (χ0v) is 38.8. The fourth-order valence-corrected chi connectivity index (χ4v) is 10.4. The molecule has 0 spiro atoms. The van der Waals surface area contributed by atoms with Crippen molar-refractivity contribution in [1.29, 1.82) is 0 Å². The second-order valence-corrected chi connectivity index (χ2v) is 19.9. The monoisotopic (exact) mass is 935 g/mol. The van der Waals surface area contributed by atoms with Gasteiger partial charge in [0.1, 0.15) is 18.1 Å². The van der Waals surface area contributed by atoms with Crippen LogP contribution in [-0.4, -0.2) is 138 Å². The molecule has 4 N–H and O–H groups in total. The molecule has 3 aromatic carbocycles. The van der Waals surface area contributed by atoms with Gasteiger partial charge in [-0.15, -0.1) is 0 Å². The molecule has 4 aliphatic heterocycles. The first-order valence-electron chi connectivity index (χ1n) is 22.9. The number of ether oxygens (including phenoxy) is 1. The Hall–Kier alpha value is -6.67. The van der Waals surface area contributed by atoms with E-state index in [1.165, 1.54) is 6.33 Å². The molecule has 4 aromatic rings. The fourth-order valence-electron chi connectivity index (χ4n) is 9.16. The normalized spacial score (nSPS) is 18.3. The van der Waals surface area contributed by atoms with Crippen molar-refractivity contribution in [3.05, 3.63) is 78.1 Å². The van der Waals surface area contributed by atoms with Gasteiger partial charge in [-0.2, -0.15) is 4.98 Å². The van der Waals surface area contributed by atoms with Crippen molar-refractivity contribution < 1.29 is 37.1 Å². The number of carbonyl (C=O) groups excluding carboxylic acids is 5. The summed E-state index contributed by atoms with van der Waals surface area (Å²) in [5, 5.41) is 11.2. The zero-order chi connectivity index (χ0) is 47.2. The summed E-state index contributed by atoms with van der Waals surface area (Å²) in [6, 6.07) is 17.1. The molecule has 3 saturated heterocycles. The number of anilines is 6. The summed E-state index contributed by atoms with van der Waals surface area (Å²) < 4.78 is 31.7. The van der Waals surface area contributed by atoms with Crippen LogP contribution in [0.15, 0.2) is 71.9 Å². The van der Waals surface area contributed by atoms with Crippen LogP contribution in [0, 0.1) is 0 Å². The van der Waals surface area contributed by atoms with E-state index in [0.29, 0.717) is 54.9 Å². The highest BCUT2D eigenvalue weighted by atomic mass is 32.2. The summed E-state index contributed by atoms with van der Waals surface area (Å²) in [6.45, 7) is 8.70. The molecule has 67 heavy (non-hydrogen) atoms. The summed E-state index contributed by atoms with van der Waals surface area (Å²) in [5.74, 6) is -0.897. The summed E-state index contributed by atoms with van der Waals surface area (Å²) in [5.41, 5.74) is 3.09. The number of piperazine rings is 1. The van der Waals surface area contributed by atoms with E-state index >= 15 is 0 Å². The van der Waals surface area contributed by atoms with Gasteiger partial charge in [-0.1, -0.05) is 24.6 Å². The van der Waals surface area contributed by atoms with Gasteiger partial charge in [-0.05, 0) is 82.3 Å². The minimum absolute atomic E-state index is 0.0637. The van der Waals surface area contributed by atoms with Crippen molar-refractivity contribution in [1.82, 2.24) is 35.0 Å². The third-order valence-corrected chi connectivity index (χ3v) is 15.1. The minimum atomic E-state index is -3.55. The number of carbonyl (C=O) groups is 5. The molecule has 0 saturated carbocycles. The number of unbranched alkanes of at least 4 members (excludes halogenated alkanes) is 2. The number of nitrogens with zero attached hydrogens (tertiary/aromatic N) is 7. The lowest BCUT2D eigenvalue weighted by Crippen LogP contribution is -2.54. The van der Waals surface area contributed by atoms with Crippen LogP contribution in [0.1, 0.15) is 85.9 Å². The third-order valence-electron chi connectivity index (χ3n) is 12.9. The second kappa shape index (κ2) is 20.5. The molecule has 1 atom stereocenters. The molecule has 1 unspecified atom stereocenters. The number of hydrogen-bond acceptors (Lipinski definition) is 16. The van der Waals surface area contributed by atoms with Gasteiger partial charge in [0.25, 0.3) is 11.8 Å². The van der Waals surface area contributed by atoms with Gasteiger partial charge in [0, 0.05) is 82.1 Å². The largest absolute Gasteiger partial charge is 0.494 e. The highest BCUT2D eigenvalue weighted by Crippen LogP contribution is 2.35. The van der Waals surface area contributed by atoms with Gasteiger partial charge < -0.3 is 30.5 Å². The maximum Gasteiger partial charge on any atom is 0.264 e. The lowest BCUT2D eigenvalue weighted by molar-refractivity contribution is -0.136. The second-order valence-electron chi connectivity index (χ2n) is 17.4. The molecular formula is C47H57N11O8S. The average molecular weight is 936 g/mol. The van der Waals surface area contributed by atoms with Crippen molar-refractivity contribution in [2.45, 2.75) is 87.4 Å². The van der Waals surface area contributed by atoms with Gasteiger partial charge in [0.2, 0.25) is 29.6 Å². The number of aromatic nitrogens is 3. The Morgan fingerprint density at radius 2 is 1.54 bits per heavy atom. The Balaban J connectivity index is 0.748. The summed E-state index contributed by atoms with van der Waals surface area (Å²) in [7, 11) is -1.94. The average Bonchev–Trinajstić information content (AvgIpc) is 3.59. The maximum atomic E-state index is 13.4. The number of nitrogens with one attached hydrogen (secondary N) is 4. The lowest BCUT2D eigenvalue weighted by Gasteiger charge is -2.43. The van der Waals surface area contributed by atoms with E-state index in [4.69, 9.17) is 4.74 Å². The predicted octanol–water partition coefficient (Wildman–Crippen LogP) is 4.74. The number of methoxy groups -OCH3 is 1. The Bertz CT molecular complexity index is 2630. The Morgan fingerprint density at radius 3 is 2.25 bits per heavy atom. The number of imide groups is 2. The molecule has 19 nitrogen and oxygen atoms in total. The number of piperidine rings is 2. The first-order valence-corrected chi connectivity index (χ1v) is 24.5. The Kier molecular flexibility index (Phi) is 14.3. The predicted molar refractivity (Wildman–Crippen MR) is 252 cm³/mol. The van der Waals surface area contributed by atoms with E-state index in [1.54, 1.807) is 63.4 Å². The van der Waals surface area contributed by atoms with Crippen LogP contribution < -0.4 is 30.9 Å². The smallest absolute Gasteiger partial charge is 0.264 e. The first-order chi connectivity index (χ1) is 32.3. The van der Waals surface area contributed by atoms with Crippen molar-refractivity contribution in [3.63, 3.8) is 0 Å². The molecule has 5 heterocycles. The number of sulfone groups is 1. The highest BCUT2D eigenvalue weighted by Gasteiger charge is 2.45. The molecular weight excluding hydrogens is 879 g/mol. The molecule has 3 fully saturated rings. The minimum Gasteiger partial charge on any atom is -0.494 e. The molecule has 20 heteroatoms. The molecule has 0 bridgehead atoms.